The second-order valence-electron chi connectivity index (χ2n) is 4.50. The monoisotopic (exact) mass is 338 g/mol. The fourth-order valence-corrected chi connectivity index (χ4v) is 1.89. The molecule has 9 heteroatoms. The number of halogens is 2. The Hall–Kier alpha value is -3.23. The van der Waals surface area contributed by atoms with Gasteiger partial charge in [0.1, 0.15) is 11.5 Å². The third-order valence-corrected chi connectivity index (χ3v) is 2.98. The molecule has 0 unspecified atom stereocenters. The summed E-state index contributed by atoms with van der Waals surface area (Å²) in [5.74, 6) is -0.432. The summed E-state index contributed by atoms with van der Waals surface area (Å²) in [6.07, 6.45) is 0. The smallest absolute Gasteiger partial charge is 0.387 e. The molecular formula is C15H12F2N2O5. The highest BCUT2D eigenvalue weighted by Gasteiger charge is 2.15. The number of ether oxygens (including phenoxy) is 2. The molecule has 126 valence electrons. The molecule has 1 N–H and O–H groups in total. The second kappa shape index (κ2) is 7.36. The van der Waals surface area contributed by atoms with Crippen LogP contribution in [-0.2, 0) is 0 Å². The van der Waals surface area contributed by atoms with Crippen LogP contribution < -0.4 is 14.8 Å². The lowest BCUT2D eigenvalue weighted by molar-refractivity contribution is -0.384. The van der Waals surface area contributed by atoms with Crippen molar-refractivity contribution in [3.05, 3.63) is 58.1 Å². The van der Waals surface area contributed by atoms with Gasteiger partial charge in [0.2, 0.25) is 0 Å². The van der Waals surface area contributed by atoms with Crippen LogP contribution in [0.15, 0.2) is 42.5 Å². The number of nitrogens with one attached hydrogen (secondary N) is 1. The number of anilines is 1. The molecule has 0 atom stereocenters. The van der Waals surface area contributed by atoms with Crippen LogP contribution >= 0.6 is 0 Å². The van der Waals surface area contributed by atoms with Crippen molar-refractivity contribution in [2.75, 3.05) is 12.4 Å². The quantitative estimate of drug-likeness (QED) is 0.643. The van der Waals surface area contributed by atoms with E-state index in [-0.39, 0.29) is 28.4 Å². The van der Waals surface area contributed by atoms with Gasteiger partial charge in [0.05, 0.1) is 17.7 Å². The van der Waals surface area contributed by atoms with Crippen LogP contribution in [0.5, 0.6) is 11.5 Å². The van der Waals surface area contributed by atoms with Crippen molar-refractivity contribution in [1.82, 2.24) is 0 Å². The van der Waals surface area contributed by atoms with E-state index in [1.807, 2.05) is 0 Å². The zero-order valence-electron chi connectivity index (χ0n) is 12.4. The normalized spacial score (nSPS) is 10.3. The number of rotatable bonds is 6. The second-order valence-corrected chi connectivity index (χ2v) is 4.50. The van der Waals surface area contributed by atoms with E-state index in [1.54, 1.807) is 0 Å². The maximum Gasteiger partial charge on any atom is 0.387 e. The van der Waals surface area contributed by atoms with E-state index in [0.29, 0.717) is 0 Å². The van der Waals surface area contributed by atoms with Crippen LogP contribution in [0.2, 0.25) is 0 Å². The highest BCUT2D eigenvalue weighted by atomic mass is 19.3. The number of nitro groups is 1. The lowest BCUT2D eigenvalue weighted by Gasteiger charge is -2.10. The van der Waals surface area contributed by atoms with Crippen molar-refractivity contribution in [2.24, 2.45) is 0 Å². The first-order valence-electron chi connectivity index (χ1n) is 6.59. The van der Waals surface area contributed by atoms with Gasteiger partial charge in [-0.3, -0.25) is 14.9 Å². The molecule has 0 bridgehead atoms. The molecule has 0 spiro atoms. The van der Waals surface area contributed by atoms with Gasteiger partial charge in [0.15, 0.2) is 0 Å². The van der Waals surface area contributed by atoms with E-state index in [2.05, 4.69) is 10.1 Å². The predicted molar refractivity (Wildman–Crippen MR) is 80.7 cm³/mol. The molecule has 7 nitrogen and oxygen atoms in total. The molecule has 0 saturated heterocycles. The van der Waals surface area contributed by atoms with Gasteiger partial charge < -0.3 is 14.8 Å². The number of nitrogens with zero attached hydrogens (tertiary/aromatic N) is 1. The summed E-state index contributed by atoms with van der Waals surface area (Å²) in [6.45, 7) is -2.96. The van der Waals surface area contributed by atoms with Gasteiger partial charge in [-0.2, -0.15) is 8.78 Å². The summed E-state index contributed by atoms with van der Waals surface area (Å²) in [5, 5.41) is 13.3. The molecular weight excluding hydrogens is 326 g/mol. The lowest BCUT2D eigenvalue weighted by atomic mass is 10.2. The summed E-state index contributed by atoms with van der Waals surface area (Å²) in [5.41, 5.74) is 0.0570. The number of methoxy groups -OCH3 is 1. The van der Waals surface area contributed by atoms with Gasteiger partial charge in [0.25, 0.3) is 11.6 Å². The number of carbonyl (C=O) groups excluding carboxylic acids is 1. The highest BCUT2D eigenvalue weighted by Crippen LogP contribution is 2.29. The molecule has 0 aliphatic carbocycles. The summed E-state index contributed by atoms with van der Waals surface area (Å²) in [7, 11) is 1.35. The summed E-state index contributed by atoms with van der Waals surface area (Å²) < 4.78 is 33.4. The van der Waals surface area contributed by atoms with Crippen LogP contribution in [0.25, 0.3) is 0 Å². The fourth-order valence-electron chi connectivity index (χ4n) is 1.89. The number of alkyl halides is 2. The Morgan fingerprint density at radius 1 is 1.21 bits per heavy atom. The number of hydrogen-bond donors (Lipinski definition) is 1. The molecule has 0 radical (unpaired) electrons. The summed E-state index contributed by atoms with van der Waals surface area (Å²) in [6, 6.07) is 8.76. The number of benzene rings is 2. The molecule has 1 amide bonds. The molecule has 0 aliphatic rings. The topological polar surface area (TPSA) is 90.7 Å². The van der Waals surface area contributed by atoms with Crippen LogP contribution in [-0.4, -0.2) is 24.6 Å². The van der Waals surface area contributed by atoms with E-state index >= 15 is 0 Å². The Morgan fingerprint density at radius 2 is 1.88 bits per heavy atom. The number of non-ortho nitro benzene ring substituents is 1. The Bertz CT molecular complexity index is 750. The standard InChI is InChI=1S/C15H12F2N2O5/c1-23-13-7-4-10(19(21)22)8-12(13)18-14(20)9-2-5-11(6-3-9)24-15(16)17/h2-8,15H,1H3,(H,18,20). The van der Waals surface area contributed by atoms with Crippen molar-refractivity contribution in [2.45, 2.75) is 6.61 Å². The molecule has 0 aliphatic heterocycles. The summed E-state index contributed by atoms with van der Waals surface area (Å²) in [4.78, 5) is 22.4. The van der Waals surface area contributed by atoms with E-state index in [0.717, 1.165) is 6.07 Å². The maximum atomic E-state index is 12.2. The van der Waals surface area contributed by atoms with Crippen LogP contribution in [0, 0.1) is 10.1 Å². The zero-order chi connectivity index (χ0) is 17.7. The van der Waals surface area contributed by atoms with E-state index in [4.69, 9.17) is 4.74 Å². The molecule has 2 aromatic rings. The third-order valence-electron chi connectivity index (χ3n) is 2.98. The molecule has 2 rings (SSSR count). The largest absolute Gasteiger partial charge is 0.495 e. The predicted octanol–water partition coefficient (Wildman–Crippen LogP) is 3.46. The zero-order valence-corrected chi connectivity index (χ0v) is 12.4. The van der Waals surface area contributed by atoms with Crippen molar-refractivity contribution in [3.8, 4) is 11.5 Å². The van der Waals surface area contributed by atoms with E-state index in [1.165, 1.54) is 43.5 Å². The van der Waals surface area contributed by atoms with Gasteiger partial charge in [-0.25, -0.2) is 0 Å². The SMILES string of the molecule is COc1ccc([N+](=O)[O-])cc1NC(=O)c1ccc(OC(F)F)cc1. The van der Waals surface area contributed by atoms with Gasteiger partial charge in [0, 0.05) is 17.7 Å². The lowest BCUT2D eigenvalue weighted by Crippen LogP contribution is -2.13. The average molecular weight is 338 g/mol. The van der Waals surface area contributed by atoms with Crippen molar-refractivity contribution < 1.29 is 28.0 Å². The Morgan fingerprint density at radius 3 is 2.42 bits per heavy atom. The van der Waals surface area contributed by atoms with Gasteiger partial charge in [-0.15, -0.1) is 0 Å². The van der Waals surface area contributed by atoms with Crippen LogP contribution in [0.3, 0.4) is 0 Å². The van der Waals surface area contributed by atoms with Gasteiger partial charge >= 0.3 is 6.61 Å². The minimum atomic E-state index is -2.96. The number of carbonyl (C=O) groups is 1. The van der Waals surface area contributed by atoms with Gasteiger partial charge in [-0.05, 0) is 30.3 Å². The third kappa shape index (κ3) is 4.15. The Balaban J connectivity index is 2.19. The average Bonchev–Trinajstić information content (AvgIpc) is 2.54. The van der Waals surface area contributed by atoms with Crippen molar-refractivity contribution in [1.29, 1.82) is 0 Å². The van der Waals surface area contributed by atoms with E-state index in [9.17, 15) is 23.7 Å². The first kappa shape index (κ1) is 17.1. The molecule has 24 heavy (non-hydrogen) atoms. The summed E-state index contributed by atoms with van der Waals surface area (Å²) >= 11 is 0. The molecule has 0 saturated carbocycles. The van der Waals surface area contributed by atoms with Crippen LogP contribution in [0.1, 0.15) is 10.4 Å². The first-order chi connectivity index (χ1) is 11.4. The number of hydrogen-bond acceptors (Lipinski definition) is 5. The number of amides is 1. The Kier molecular flexibility index (Phi) is 5.25. The Labute approximate surface area is 135 Å². The minimum absolute atomic E-state index is 0.0884. The minimum Gasteiger partial charge on any atom is -0.495 e. The molecule has 0 fully saturated rings. The maximum absolute atomic E-state index is 12.2. The number of nitro benzene ring substituents is 1. The first-order valence-corrected chi connectivity index (χ1v) is 6.59. The molecule has 2 aromatic carbocycles. The highest BCUT2D eigenvalue weighted by molar-refractivity contribution is 6.05. The van der Waals surface area contributed by atoms with Crippen LogP contribution in [0.4, 0.5) is 20.2 Å². The van der Waals surface area contributed by atoms with Crippen molar-refractivity contribution in [3.63, 3.8) is 0 Å². The van der Waals surface area contributed by atoms with Crippen molar-refractivity contribution >= 4 is 17.3 Å². The fraction of sp³-hybridized carbons (Fsp3) is 0.133. The molecule has 0 heterocycles. The van der Waals surface area contributed by atoms with Gasteiger partial charge in [-0.1, -0.05) is 0 Å². The van der Waals surface area contributed by atoms with E-state index < -0.39 is 17.4 Å². The molecule has 0 aromatic heterocycles.